The van der Waals surface area contributed by atoms with Crippen molar-refractivity contribution in [3.05, 3.63) is 144 Å². The third-order valence-electron chi connectivity index (χ3n) is 9.43. The molecule has 0 spiro atoms. The third kappa shape index (κ3) is 11.1. The monoisotopic (exact) mass is 860 g/mol. The van der Waals surface area contributed by atoms with Crippen molar-refractivity contribution in [3.8, 4) is 23.0 Å². The molecule has 0 amide bonds. The fraction of sp³-hybridized carbons (Fsp3) is 0.262. The second kappa shape index (κ2) is 19.7. The lowest BCUT2D eigenvalue weighted by molar-refractivity contribution is -0.146. The van der Waals surface area contributed by atoms with Gasteiger partial charge in [-0.2, -0.15) is 18.8 Å². The maximum Gasteiger partial charge on any atom is 0.331 e. The Morgan fingerprint density at radius 1 is 0.600 bits per heavy atom. The van der Waals surface area contributed by atoms with Crippen LogP contribution in [0.4, 0.5) is 0 Å². The van der Waals surface area contributed by atoms with Crippen LogP contribution in [0.3, 0.4) is 0 Å². The minimum absolute atomic E-state index is 0.0597. The molecule has 6 rings (SSSR count). The van der Waals surface area contributed by atoms with E-state index in [-0.39, 0.29) is 36.2 Å². The number of methoxy groups -OCH3 is 4. The Kier molecular flexibility index (Phi) is 14.7. The van der Waals surface area contributed by atoms with Crippen LogP contribution in [0.1, 0.15) is 36.1 Å². The topological polar surface area (TPSA) is 195 Å². The van der Waals surface area contributed by atoms with E-state index in [0.29, 0.717) is 11.5 Å². The van der Waals surface area contributed by atoms with Crippen molar-refractivity contribution in [2.24, 2.45) is 0 Å². The number of carbonyl (C=O) groups is 1. The predicted molar refractivity (Wildman–Crippen MR) is 223 cm³/mol. The number of nitrogens with zero attached hydrogens (tertiary/aromatic N) is 5. The van der Waals surface area contributed by atoms with Gasteiger partial charge in [0.2, 0.25) is 0 Å². The second-order valence-electron chi connectivity index (χ2n) is 13.8. The Bertz CT molecular complexity index is 2410. The van der Waals surface area contributed by atoms with E-state index in [0.717, 1.165) is 38.4 Å². The third-order valence-corrected chi connectivity index (χ3v) is 12.8. The fourth-order valence-corrected chi connectivity index (χ4v) is 8.35. The van der Waals surface area contributed by atoms with Crippen LogP contribution in [-0.4, -0.2) is 84.9 Å². The summed E-state index contributed by atoms with van der Waals surface area (Å²) in [6, 6.07) is 31.6. The van der Waals surface area contributed by atoms with Gasteiger partial charge in [-0.3, -0.25) is 9.78 Å². The number of nitrogens with one attached hydrogen (secondary N) is 1. The molecule has 4 aromatic carbocycles. The van der Waals surface area contributed by atoms with Gasteiger partial charge >= 0.3 is 5.97 Å². The smallest absolute Gasteiger partial charge is 0.331 e. The number of ether oxygens (including phenoxy) is 4. The number of benzene rings is 4. The molecular formula is C42H48N6O10S2. The molecule has 18 heteroatoms. The van der Waals surface area contributed by atoms with Crippen LogP contribution in [0.2, 0.25) is 0 Å². The van der Waals surface area contributed by atoms with E-state index >= 15 is 0 Å². The number of hydrogen-bond acceptors (Lipinski definition) is 11. The van der Waals surface area contributed by atoms with E-state index in [1.54, 1.807) is 77.0 Å². The van der Waals surface area contributed by atoms with Crippen molar-refractivity contribution in [3.63, 3.8) is 0 Å². The zero-order valence-corrected chi connectivity index (χ0v) is 35.7. The summed E-state index contributed by atoms with van der Waals surface area (Å²) in [6.45, 7) is 3.52. The number of aromatic amines is 1. The molecule has 0 saturated heterocycles. The highest BCUT2D eigenvalue weighted by Gasteiger charge is 2.34. The van der Waals surface area contributed by atoms with Crippen molar-refractivity contribution < 1.29 is 45.7 Å². The molecule has 0 radical (unpaired) electrons. The van der Waals surface area contributed by atoms with Crippen molar-refractivity contribution in [1.29, 1.82) is 0 Å². The Morgan fingerprint density at radius 3 is 1.25 bits per heavy atom. The van der Waals surface area contributed by atoms with Gasteiger partial charge in [0.15, 0.2) is 15.6 Å². The number of H-pyrrole nitrogens is 1. The first-order chi connectivity index (χ1) is 28.6. The molecule has 60 heavy (non-hydrogen) atoms. The Hall–Kier alpha value is -6.21. The molecular weight excluding hydrogens is 813 g/mol. The molecule has 0 aliphatic carbocycles. The summed E-state index contributed by atoms with van der Waals surface area (Å²) >= 11 is 0. The Balaban J connectivity index is 0.000000232. The van der Waals surface area contributed by atoms with Gasteiger partial charge in [-0.05, 0) is 96.8 Å². The first-order valence-electron chi connectivity index (χ1n) is 18.4. The van der Waals surface area contributed by atoms with Gasteiger partial charge in [0.25, 0.3) is 20.0 Å². The van der Waals surface area contributed by atoms with Crippen LogP contribution in [0.5, 0.6) is 23.0 Å². The van der Waals surface area contributed by atoms with Crippen LogP contribution in [-0.2, 0) is 56.6 Å². The maximum atomic E-state index is 13.6. The summed E-state index contributed by atoms with van der Waals surface area (Å²) in [5.41, 5.74) is 1.83. The van der Waals surface area contributed by atoms with Gasteiger partial charge in [-0.15, -0.1) is 0 Å². The molecule has 0 aliphatic rings. The molecule has 0 aliphatic heterocycles. The maximum absolute atomic E-state index is 13.6. The Labute approximate surface area is 350 Å². The molecule has 0 atom stereocenters. The number of rotatable bonds is 18. The molecule has 0 bridgehead atoms. The standard InChI is InChI=1S/C23H27N3O6S.C19H21N3O4S/c1-23(2,22(27)28)26-14-13-21(24-26)33(29,30)25(15-17-5-9-19(31-3)10-6-17)16-18-7-11-20(32-4)12-8-18;1-25-17-7-3-15(4-8-17)13-22(27(23,24)19-11-12-20-21-19)14-16-5-9-18(26-2)10-6-16/h5-14H,15-16H2,1-4H3,(H,27,28);3-12H,13-14H2,1-2H3,(H,20,21). The molecule has 2 aromatic heterocycles. The molecule has 6 aromatic rings. The first-order valence-corrected chi connectivity index (χ1v) is 21.3. The fourth-order valence-electron chi connectivity index (χ4n) is 5.70. The van der Waals surface area contributed by atoms with Crippen molar-refractivity contribution in [1.82, 2.24) is 28.6 Å². The minimum atomic E-state index is -4.05. The van der Waals surface area contributed by atoms with E-state index in [1.807, 2.05) is 48.5 Å². The lowest BCUT2D eigenvalue weighted by atomic mass is 10.1. The predicted octanol–water partition coefficient (Wildman–Crippen LogP) is 5.93. The molecule has 0 unspecified atom stereocenters. The molecule has 2 N–H and O–H groups in total. The number of carboxylic acids is 1. The normalized spacial score (nSPS) is 11.8. The number of carboxylic acid groups (broad SMARTS) is 1. The van der Waals surface area contributed by atoms with Gasteiger partial charge in [0.1, 0.15) is 23.0 Å². The molecule has 0 saturated carbocycles. The zero-order valence-electron chi connectivity index (χ0n) is 34.0. The highest BCUT2D eigenvalue weighted by atomic mass is 32.2. The van der Waals surface area contributed by atoms with Crippen LogP contribution < -0.4 is 18.9 Å². The van der Waals surface area contributed by atoms with Crippen LogP contribution >= 0.6 is 0 Å². The van der Waals surface area contributed by atoms with Crippen molar-refractivity contribution >= 4 is 26.0 Å². The average molecular weight is 861 g/mol. The van der Waals surface area contributed by atoms with Crippen LogP contribution in [0.25, 0.3) is 0 Å². The highest BCUT2D eigenvalue weighted by Crippen LogP contribution is 2.25. The lowest BCUT2D eigenvalue weighted by Crippen LogP contribution is -2.36. The molecule has 16 nitrogen and oxygen atoms in total. The number of hydrogen-bond donors (Lipinski definition) is 2. The van der Waals surface area contributed by atoms with Crippen LogP contribution in [0.15, 0.2) is 132 Å². The van der Waals surface area contributed by atoms with E-state index in [9.17, 15) is 26.7 Å². The van der Waals surface area contributed by atoms with E-state index in [1.165, 1.54) is 47.0 Å². The second-order valence-corrected chi connectivity index (χ2v) is 17.6. The zero-order chi connectivity index (χ0) is 43.5. The van der Waals surface area contributed by atoms with Gasteiger partial charge in [-0.25, -0.2) is 21.6 Å². The lowest BCUT2D eigenvalue weighted by Gasteiger charge is -2.22. The number of aliphatic carboxylic acids is 1. The van der Waals surface area contributed by atoms with Gasteiger partial charge in [0.05, 0.1) is 34.6 Å². The number of sulfonamides is 2. The van der Waals surface area contributed by atoms with Gasteiger partial charge < -0.3 is 24.1 Å². The largest absolute Gasteiger partial charge is 0.497 e. The summed E-state index contributed by atoms with van der Waals surface area (Å²) in [5, 5.41) is 19.7. The van der Waals surface area contributed by atoms with Crippen LogP contribution in [0, 0.1) is 0 Å². The minimum Gasteiger partial charge on any atom is -0.497 e. The molecule has 2 heterocycles. The first kappa shape index (κ1) is 44.9. The van der Waals surface area contributed by atoms with E-state index in [2.05, 4.69) is 15.3 Å². The summed E-state index contributed by atoms with van der Waals surface area (Å²) < 4.78 is 77.7. The van der Waals surface area contributed by atoms with E-state index < -0.39 is 31.6 Å². The van der Waals surface area contributed by atoms with E-state index in [4.69, 9.17) is 18.9 Å². The summed E-state index contributed by atoms with van der Waals surface area (Å²) in [5.74, 6) is 1.65. The van der Waals surface area contributed by atoms with Crippen molar-refractivity contribution in [2.45, 2.75) is 55.6 Å². The Morgan fingerprint density at radius 2 is 0.950 bits per heavy atom. The highest BCUT2D eigenvalue weighted by molar-refractivity contribution is 7.89. The summed E-state index contributed by atoms with van der Waals surface area (Å²) in [6.07, 6.45) is 2.78. The van der Waals surface area contributed by atoms with Gasteiger partial charge in [0, 0.05) is 32.4 Å². The van der Waals surface area contributed by atoms with Crippen molar-refractivity contribution in [2.75, 3.05) is 28.4 Å². The molecule has 0 fully saturated rings. The molecule has 318 valence electrons. The number of aromatic nitrogens is 4. The quantitative estimate of drug-likeness (QED) is 0.104. The summed E-state index contributed by atoms with van der Waals surface area (Å²) in [7, 11) is -1.48. The summed E-state index contributed by atoms with van der Waals surface area (Å²) in [4.78, 5) is 11.6. The SMILES string of the molecule is COc1ccc(CN(Cc2ccc(OC)cc2)S(=O)(=O)c2ccn(C(C)(C)C(=O)O)n2)cc1.COc1ccc(CN(Cc2ccc(OC)cc2)S(=O)(=O)c2ccn[nH]2)cc1. The van der Waals surface area contributed by atoms with Gasteiger partial charge in [-0.1, -0.05) is 48.5 Å². The average Bonchev–Trinajstić information content (AvgIpc) is 4.00.